The van der Waals surface area contributed by atoms with E-state index in [1.165, 1.54) is 6.42 Å². The molecule has 6 nitrogen and oxygen atoms in total. The van der Waals surface area contributed by atoms with E-state index in [1.807, 2.05) is 15.8 Å². The van der Waals surface area contributed by atoms with Crippen LogP contribution in [0.4, 0.5) is 0 Å². The van der Waals surface area contributed by atoms with Crippen LogP contribution in [0.25, 0.3) is 0 Å². The van der Waals surface area contributed by atoms with Crippen LogP contribution < -0.4 is 5.32 Å². The zero-order valence-electron chi connectivity index (χ0n) is 10.9. The molecule has 2 fully saturated rings. The highest BCUT2D eigenvalue weighted by Crippen LogP contribution is 2.20. The number of hydrogen-bond donors (Lipinski definition) is 1. The van der Waals surface area contributed by atoms with Crippen LogP contribution in [0.5, 0.6) is 0 Å². The van der Waals surface area contributed by atoms with Crippen molar-refractivity contribution in [3.63, 3.8) is 0 Å². The Bertz CT molecular complexity index is 406. The molecule has 0 spiro atoms. The van der Waals surface area contributed by atoms with Crippen molar-refractivity contribution in [2.24, 2.45) is 11.8 Å². The molecular weight excluding hydrogens is 266 g/mol. The Morgan fingerprint density at radius 2 is 2.26 bits per heavy atom. The molecule has 1 aromatic heterocycles. The Labute approximate surface area is 118 Å². The summed E-state index contributed by atoms with van der Waals surface area (Å²) in [7, 11) is 0. The van der Waals surface area contributed by atoms with E-state index in [-0.39, 0.29) is 18.3 Å². The topological polar surface area (TPSA) is 63.1 Å². The molecule has 2 saturated heterocycles. The second kappa shape index (κ2) is 6.34. The summed E-state index contributed by atoms with van der Waals surface area (Å²) in [6, 6.07) is 0. The number of piperidine rings is 1. The summed E-state index contributed by atoms with van der Waals surface area (Å²) in [5, 5.41) is 11.0. The van der Waals surface area contributed by atoms with Gasteiger partial charge in [-0.15, -0.1) is 17.5 Å². The van der Waals surface area contributed by atoms with Crippen molar-refractivity contribution in [2.45, 2.75) is 19.4 Å². The lowest BCUT2D eigenvalue weighted by atomic mass is 9.95. The van der Waals surface area contributed by atoms with Gasteiger partial charge in [0, 0.05) is 38.9 Å². The first-order valence-electron chi connectivity index (χ1n) is 6.66. The number of nitrogens with one attached hydrogen (secondary N) is 1. The monoisotopic (exact) mass is 285 g/mol. The fourth-order valence-corrected chi connectivity index (χ4v) is 2.73. The van der Waals surface area contributed by atoms with Gasteiger partial charge in [-0.2, -0.15) is 0 Å². The van der Waals surface area contributed by atoms with E-state index < -0.39 is 0 Å². The summed E-state index contributed by atoms with van der Waals surface area (Å²) < 4.78 is 1.86. The predicted octanol–water partition coefficient (Wildman–Crippen LogP) is 0.158. The van der Waals surface area contributed by atoms with Gasteiger partial charge in [-0.25, -0.2) is 0 Å². The van der Waals surface area contributed by atoms with Gasteiger partial charge in [0.25, 0.3) is 0 Å². The third-order valence-corrected chi connectivity index (χ3v) is 3.88. The molecule has 106 valence electrons. The van der Waals surface area contributed by atoms with Gasteiger partial charge in [0.2, 0.25) is 5.91 Å². The van der Waals surface area contributed by atoms with E-state index in [1.54, 1.807) is 6.20 Å². The number of halogens is 1. The number of carbonyl (C=O) groups excluding carboxylic acids is 1. The van der Waals surface area contributed by atoms with Crippen LogP contribution in [0.1, 0.15) is 12.8 Å². The van der Waals surface area contributed by atoms with Crippen molar-refractivity contribution in [1.29, 1.82) is 0 Å². The molecule has 19 heavy (non-hydrogen) atoms. The van der Waals surface area contributed by atoms with Crippen LogP contribution >= 0.6 is 12.4 Å². The maximum atomic E-state index is 12.2. The molecule has 1 N–H and O–H groups in total. The number of rotatable bonds is 3. The van der Waals surface area contributed by atoms with Gasteiger partial charge in [0.05, 0.1) is 12.1 Å². The van der Waals surface area contributed by atoms with Crippen LogP contribution in [0.2, 0.25) is 0 Å². The minimum absolute atomic E-state index is 0. The van der Waals surface area contributed by atoms with Crippen LogP contribution in [0.15, 0.2) is 12.4 Å². The Balaban J connectivity index is 0.00000133. The van der Waals surface area contributed by atoms with E-state index >= 15 is 0 Å². The molecule has 0 radical (unpaired) electrons. The minimum atomic E-state index is 0. The number of hydrogen-bond acceptors (Lipinski definition) is 4. The first kappa shape index (κ1) is 14.3. The van der Waals surface area contributed by atoms with E-state index in [0.717, 1.165) is 39.1 Å². The molecular formula is C12H20ClN5O. The molecule has 3 rings (SSSR count). The Kier molecular flexibility index (Phi) is 4.76. The zero-order valence-corrected chi connectivity index (χ0v) is 11.7. The van der Waals surface area contributed by atoms with Gasteiger partial charge in [0.1, 0.15) is 0 Å². The third-order valence-electron chi connectivity index (χ3n) is 3.88. The Morgan fingerprint density at radius 3 is 2.89 bits per heavy atom. The number of aromatic nitrogens is 3. The molecule has 0 aromatic carbocycles. The van der Waals surface area contributed by atoms with Crippen molar-refractivity contribution in [2.75, 3.05) is 26.2 Å². The lowest BCUT2D eigenvalue weighted by Crippen LogP contribution is -2.54. The van der Waals surface area contributed by atoms with Crippen molar-refractivity contribution in [3.05, 3.63) is 12.4 Å². The first-order valence-corrected chi connectivity index (χ1v) is 6.66. The normalized spacial score (nSPS) is 23.6. The summed E-state index contributed by atoms with van der Waals surface area (Å²) in [5.41, 5.74) is 0. The van der Waals surface area contributed by atoms with Crippen LogP contribution in [0.3, 0.4) is 0 Å². The minimum Gasteiger partial charge on any atom is -0.342 e. The molecule has 1 unspecified atom stereocenters. The van der Waals surface area contributed by atoms with E-state index in [2.05, 4.69) is 15.6 Å². The molecule has 2 aliphatic rings. The fourth-order valence-electron chi connectivity index (χ4n) is 2.73. The van der Waals surface area contributed by atoms with Gasteiger partial charge < -0.3 is 10.2 Å². The van der Waals surface area contributed by atoms with Crippen molar-refractivity contribution >= 4 is 18.3 Å². The molecule has 0 bridgehead atoms. The van der Waals surface area contributed by atoms with Gasteiger partial charge in [-0.05, 0) is 18.8 Å². The fraction of sp³-hybridized carbons (Fsp3) is 0.750. The van der Waals surface area contributed by atoms with Crippen molar-refractivity contribution < 1.29 is 4.79 Å². The average Bonchev–Trinajstić information content (AvgIpc) is 2.80. The maximum Gasteiger partial charge on any atom is 0.228 e. The van der Waals surface area contributed by atoms with Crippen LogP contribution in [-0.4, -0.2) is 52.0 Å². The van der Waals surface area contributed by atoms with Crippen LogP contribution in [0, 0.1) is 11.8 Å². The summed E-state index contributed by atoms with van der Waals surface area (Å²) in [4.78, 5) is 14.2. The highest BCUT2D eigenvalue weighted by molar-refractivity contribution is 5.85. The number of nitrogens with zero attached hydrogens (tertiary/aromatic N) is 4. The summed E-state index contributed by atoms with van der Waals surface area (Å²) in [6.07, 6.45) is 5.86. The van der Waals surface area contributed by atoms with Crippen molar-refractivity contribution in [3.8, 4) is 0 Å². The largest absolute Gasteiger partial charge is 0.342 e. The lowest BCUT2D eigenvalue weighted by Gasteiger charge is -2.37. The lowest BCUT2D eigenvalue weighted by molar-refractivity contribution is -0.139. The molecule has 0 saturated carbocycles. The number of carbonyl (C=O) groups is 1. The maximum absolute atomic E-state index is 12.2. The SMILES string of the molecule is Cl.O=C(C1CNC1)N1CCCC(Cn2ccnn2)C1. The average molecular weight is 286 g/mol. The summed E-state index contributed by atoms with van der Waals surface area (Å²) >= 11 is 0. The van der Waals surface area contributed by atoms with Gasteiger partial charge in [-0.1, -0.05) is 5.21 Å². The number of amides is 1. The van der Waals surface area contributed by atoms with Gasteiger partial charge in [0.15, 0.2) is 0 Å². The zero-order chi connectivity index (χ0) is 12.4. The summed E-state index contributed by atoms with van der Waals surface area (Å²) in [6.45, 7) is 4.36. The van der Waals surface area contributed by atoms with Gasteiger partial charge in [-0.3, -0.25) is 9.48 Å². The smallest absolute Gasteiger partial charge is 0.228 e. The van der Waals surface area contributed by atoms with Gasteiger partial charge >= 0.3 is 0 Å². The van der Waals surface area contributed by atoms with E-state index in [9.17, 15) is 4.79 Å². The molecule has 1 aromatic rings. The standard InChI is InChI=1S/C12H19N5O.ClH/c18-12(11-6-13-7-11)16-4-1-2-10(8-16)9-17-5-3-14-15-17;/h3,5,10-11,13H,1-2,4,6-9H2;1H. The highest BCUT2D eigenvalue weighted by atomic mass is 35.5. The van der Waals surface area contributed by atoms with Crippen LogP contribution in [-0.2, 0) is 11.3 Å². The van der Waals surface area contributed by atoms with Crippen molar-refractivity contribution in [1.82, 2.24) is 25.2 Å². The molecule has 7 heteroatoms. The molecule has 0 aliphatic carbocycles. The van der Waals surface area contributed by atoms with E-state index in [4.69, 9.17) is 0 Å². The first-order chi connectivity index (χ1) is 8.83. The highest BCUT2D eigenvalue weighted by Gasteiger charge is 2.32. The molecule has 2 aliphatic heterocycles. The molecule has 1 amide bonds. The number of likely N-dealkylation sites (tertiary alicyclic amines) is 1. The Hall–Kier alpha value is -1.14. The summed E-state index contributed by atoms with van der Waals surface area (Å²) in [5.74, 6) is 1.06. The second-order valence-corrected chi connectivity index (χ2v) is 5.27. The quantitative estimate of drug-likeness (QED) is 0.859. The second-order valence-electron chi connectivity index (χ2n) is 5.27. The Morgan fingerprint density at radius 1 is 1.42 bits per heavy atom. The molecule has 1 atom stereocenters. The van der Waals surface area contributed by atoms with E-state index in [0.29, 0.717) is 11.8 Å². The predicted molar refractivity (Wildman–Crippen MR) is 72.9 cm³/mol. The molecule has 3 heterocycles. The third kappa shape index (κ3) is 3.25.